The van der Waals surface area contributed by atoms with Gasteiger partial charge in [-0.15, -0.1) is 0 Å². The van der Waals surface area contributed by atoms with Crippen molar-refractivity contribution in [2.75, 3.05) is 0 Å². The van der Waals surface area contributed by atoms with Crippen LogP contribution in [0.5, 0.6) is 0 Å². The van der Waals surface area contributed by atoms with E-state index in [1.807, 2.05) is 48.6 Å². The normalized spacial score (nSPS) is 30.4. The molecule has 0 atom stereocenters. The van der Waals surface area contributed by atoms with Gasteiger partial charge in [0.25, 0.3) is 0 Å². The molecule has 0 nitrogen and oxygen atoms in total. The Labute approximate surface area is 92.7 Å². The van der Waals surface area contributed by atoms with E-state index in [1.165, 1.54) is 6.42 Å². The van der Waals surface area contributed by atoms with E-state index in [2.05, 4.69) is 24.3 Å². The first kappa shape index (κ1) is 11.5. The quantitative estimate of drug-likeness (QED) is 0.543. The summed E-state index contributed by atoms with van der Waals surface area (Å²) in [4.78, 5) is 0. The lowest BCUT2D eigenvalue weighted by Gasteiger charge is -1.87. The summed E-state index contributed by atoms with van der Waals surface area (Å²) in [5.74, 6) is 0. The summed E-state index contributed by atoms with van der Waals surface area (Å²) in [6.45, 7) is 0. The van der Waals surface area contributed by atoms with Crippen molar-refractivity contribution >= 4 is 0 Å². The third-order valence-corrected chi connectivity index (χ3v) is 1.93. The van der Waals surface area contributed by atoms with Gasteiger partial charge in [-0.1, -0.05) is 66.8 Å². The maximum atomic E-state index is 3.24. The Kier molecular flexibility index (Phi) is 6.92. The van der Waals surface area contributed by atoms with Crippen LogP contribution in [0.3, 0.4) is 0 Å². The molecule has 1 rings (SSSR count). The highest BCUT2D eigenvalue weighted by Crippen LogP contribution is 1.98. The lowest BCUT2D eigenvalue weighted by molar-refractivity contribution is 0.855. The summed E-state index contributed by atoms with van der Waals surface area (Å²) in [6, 6.07) is 0. The molecule has 15 heavy (non-hydrogen) atoms. The first-order valence-corrected chi connectivity index (χ1v) is 5.38. The second-order valence-corrected chi connectivity index (χ2v) is 3.23. The minimum Gasteiger partial charge on any atom is -0.0845 e. The number of hydrogen-bond acceptors (Lipinski definition) is 0. The van der Waals surface area contributed by atoms with Crippen LogP contribution in [0.1, 0.15) is 19.3 Å². The Balaban J connectivity index is 2.51. The van der Waals surface area contributed by atoms with E-state index >= 15 is 0 Å². The van der Waals surface area contributed by atoms with Crippen molar-refractivity contribution in [2.45, 2.75) is 19.3 Å². The number of hydrogen-bond donors (Lipinski definition) is 0. The Bertz CT molecular complexity index is 277. The summed E-state index contributed by atoms with van der Waals surface area (Å²) in [5.41, 5.74) is 0. The first-order chi connectivity index (χ1) is 7.50. The average Bonchev–Trinajstić information content (AvgIpc) is 2.27. The maximum Gasteiger partial charge on any atom is -0.0273 e. The van der Waals surface area contributed by atoms with Crippen LogP contribution >= 0.6 is 0 Å². The fourth-order valence-electron chi connectivity index (χ4n) is 1.15. The molecule has 0 saturated carbocycles. The first-order valence-electron chi connectivity index (χ1n) is 5.38. The standard InChI is InChI=1S/C15H17/c1-2-4-6-8-10-12-14-15-13-11-9-7-5-3-1/h1-11H,12,14-15H2/b2-1-,5-3+,6-4+,9-7+,10-8+,13-11?. The molecule has 0 N–H and O–H groups in total. The van der Waals surface area contributed by atoms with Gasteiger partial charge in [-0.25, -0.2) is 0 Å². The van der Waals surface area contributed by atoms with E-state index in [4.69, 9.17) is 0 Å². The van der Waals surface area contributed by atoms with E-state index in [-0.39, 0.29) is 0 Å². The number of rotatable bonds is 0. The molecule has 0 aromatic rings. The molecule has 0 fully saturated rings. The van der Waals surface area contributed by atoms with E-state index in [1.54, 1.807) is 0 Å². The lowest BCUT2D eigenvalue weighted by atomic mass is 10.2. The predicted octanol–water partition coefficient (Wildman–Crippen LogP) is 4.31. The molecular formula is C15H17. The molecule has 0 unspecified atom stereocenters. The highest BCUT2D eigenvalue weighted by atomic mass is 13.8. The summed E-state index contributed by atoms with van der Waals surface area (Å²) in [6.07, 6.45) is 29.0. The molecule has 0 spiro atoms. The van der Waals surface area contributed by atoms with Gasteiger partial charge in [0.05, 0.1) is 0 Å². The monoisotopic (exact) mass is 197 g/mol. The van der Waals surface area contributed by atoms with Crippen LogP contribution < -0.4 is 0 Å². The van der Waals surface area contributed by atoms with Crippen molar-refractivity contribution in [3.05, 3.63) is 72.9 Å². The predicted molar refractivity (Wildman–Crippen MR) is 67.4 cm³/mol. The summed E-state index contributed by atoms with van der Waals surface area (Å²) >= 11 is 0. The van der Waals surface area contributed by atoms with Gasteiger partial charge in [-0.2, -0.15) is 0 Å². The second-order valence-electron chi connectivity index (χ2n) is 3.23. The van der Waals surface area contributed by atoms with Gasteiger partial charge in [0.2, 0.25) is 0 Å². The zero-order valence-electron chi connectivity index (χ0n) is 8.97. The molecule has 0 saturated heterocycles. The van der Waals surface area contributed by atoms with Gasteiger partial charge in [0, 0.05) is 0 Å². The minimum atomic E-state index is 1.03. The molecular weight excluding hydrogens is 180 g/mol. The Morgan fingerprint density at radius 2 is 1.27 bits per heavy atom. The van der Waals surface area contributed by atoms with Crippen molar-refractivity contribution < 1.29 is 0 Å². The van der Waals surface area contributed by atoms with Crippen molar-refractivity contribution in [3.63, 3.8) is 0 Å². The van der Waals surface area contributed by atoms with E-state index in [0.717, 1.165) is 12.8 Å². The zero-order valence-corrected chi connectivity index (χ0v) is 8.97. The SMILES string of the molecule is [C]1=C/C=C/C=C/C=C\C=C\C=C\CCC\1. The van der Waals surface area contributed by atoms with Crippen molar-refractivity contribution in [1.82, 2.24) is 0 Å². The third-order valence-electron chi connectivity index (χ3n) is 1.93. The van der Waals surface area contributed by atoms with E-state index in [9.17, 15) is 0 Å². The summed E-state index contributed by atoms with van der Waals surface area (Å²) < 4.78 is 0. The van der Waals surface area contributed by atoms with Gasteiger partial charge in [-0.3, -0.25) is 0 Å². The lowest BCUT2D eigenvalue weighted by Crippen LogP contribution is -1.68. The molecule has 77 valence electrons. The molecule has 0 aliphatic heterocycles. The Morgan fingerprint density at radius 3 is 2.00 bits per heavy atom. The smallest absolute Gasteiger partial charge is 0.0273 e. The van der Waals surface area contributed by atoms with Crippen LogP contribution in [0.25, 0.3) is 0 Å². The molecule has 0 heterocycles. The van der Waals surface area contributed by atoms with Crippen LogP contribution in [-0.4, -0.2) is 0 Å². The fourth-order valence-corrected chi connectivity index (χ4v) is 1.15. The zero-order chi connectivity index (χ0) is 10.6. The molecule has 1 aliphatic carbocycles. The van der Waals surface area contributed by atoms with Gasteiger partial charge >= 0.3 is 0 Å². The molecule has 1 aliphatic rings. The summed E-state index contributed by atoms with van der Waals surface area (Å²) in [5, 5.41) is 0. The van der Waals surface area contributed by atoms with Crippen LogP contribution in [0.4, 0.5) is 0 Å². The highest BCUT2D eigenvalue weighted by molar-refractivity contribution is 5.19. The van der Waals surface area contributed by atoms with Crippen LogP contribution in [0.15, 0.2) is 66.8 Å². The van der Waals surface area contributed by atoms with Crippen molar-refractivity contribution in [2.24, 2.45) is 0 Å². The number of allylic oxidation sites excluding steroid dienone is 12. The molecule has 1 radical (unpaired) electrons. The third kappa shape index (κ3) is 7.51. The Hall–Kier alpha value is -1.56. The van der Waals surface area contributed by atoms with Gasteiger partial charge in [0.1, 0.15) is 0 Å². The molecule has 0 aromatic carbocycles. The van der Waals surface area contributed by atoms with Crippen LogP contribution in [-0.2, 0) is 0 Å². The van der Waals surface area contributed by atoms with E-state index in [0.29, 0.717) is 0 Å². The Morgan fingerprint density at radius 1 is 0.667 bits per heavy atom. The van der Waals surface area contributed by atoms with Crippen LogP contribution in [0, 0.1) is 6.08 Å². The summed E-state index contributed by atoms with van der Waals surface area (Å²) in [7, 11) is 0. The van der Waals surface area contributed by atoms with Crippen molar-refractivity contribution in [1.29, 1.82) is 0 Å². The van der Waals surface area contributed by atoms with Crippen LogP contribution in [0.2, 0.25) is 0 Å². The van der Waals surface area contributed by atoms with Gasteiger partial charge in [-0.05, 0) is 25.3 Å². The fraction of sp³-hybridized carbons (Fsp3) is 0.200. The van der Waals surface area contributed by atoms with E-state index < -0.39 is 0 Å². The topological polar surface area (TPSA) is 0 Å². The van der Waals surface area contributed by atoms with Gasteiger partial charge < -0.3 is 0 Å². The molecule has 0 bridgehead atoms. The van der Waals surface area contributed by atoms with Crippen molar-refractivity contribution in [3.8, 4) is 0 Å². The molecule has 0 amide bonds. The second kappa shape index (κ2) is 9.01. The highest BCUT2D eigenvalue weighted by Gasteiger charge is 1.79. The molecule has 0 heteroatoms. The molecule has 0 aromatic heterocycles. The largest absolute Gasteiger partial charge is 0.0845 e. The van der Waals surface area contributed by atoms with Gasteiger partial charge in [0.15, 0.2) is 0 Å². The minimum absolute atomic E-state index is 1.03. The maximum absolute atomic E-state index is 3.24. The average molecular weight is 197 g/mol.